The zero-order chi connectivity index (χ0) is 11.0. The van der Waals surface area contributed by atoms with E-state index in [0.717, 1.165) is 11.1 Å². The van der Waals surface area contributed by atoms with E-state index in [1.54, 1.807) is 12.1 Å². The van der Waals surface area contributed by atoms with Crippen molar-refractivity contribution in [3.63, 3.8) is 0 Å². The van der Waals surface area contributed by atoms with E-state index in [1.165, 1.54) is 7.11 Å². The number of hydrogen-bond acceptors (Lipinski definition) is 4. The van der Waals surface area contributed by atoms with Gasteiger partial charge in [-0.1, -0.05) is 12.1 Å². The number of esters is 1. The van der Waals surface area contributed by atoms with Gasteiger partial charge in [0, 0.05) is 6.04 Å². The van der Waals surface area contributed by atoms with Crippen LogP contribution in [0.2, 0.25) is 0 Å². The number of carbonyl (C=O) groups excluding carboxylic acids is 1. The van der Waals surface area contributed by atoms with E-state index in [4.69, 9.17) is 10.5 Å². The Labute approximate surface area is 87.7 Å². The van der Waals surface area contributed by atoms with E-state index in [1.807, 2.05) is 6.07 Å². The minimum absolute atomic E-state index is 0.203. The smallest absolute Gasteiger partial charge is 0.314 e. The first-order valence-electron chi connectivity index (χ1n) is 4.79. The molecule has 4 nitrogen and oxygen atoms in total. The fraction of sp³-hybridized carbons (Fsp3) is 0.364. The molecule has 15 heavy (non-hydrogen) atoms. The van der Waals surface area contributed by atoms with Crippen LogP contribution < -0.4 is 5.73 Å². The topological polar surface area (TPSA) is 72.5 Å². The molecule has 0 fully saturated rings. The minimum atomic E-state index is -0.447. The molecule has 0 spiro atoms. The van der Waals surface area contributed by atoms with Crippen molar-refractivity contribution in [3.8, 4) is 5.75 Å². The Kier molecular flexibility index (Phi) is 2.36. The van der Waals surface area contributed by atoms with Gasteiger partial charge in [0.25, 0.3) is 0 Å². The van der Waals surface area contributed by atoms with Gasteiger partial charge in [0.2, 0.25) is 0 Å². The molecule has 0 aliphatic heterocycles. The van der Waals surface area contributed by atoms with Crippen molar-refractivity contribution in [2.45, 2.75) is 18.4 Å². The number of carbonyl (C=O) groups is 1. The van der Waals surface area contributed by atoms with Gasteiger partial charge in [-0.3, -0.25) is 4.79 Å². The number of fused-ring (bicyclic) bond motifs is 1. The Hall–Kier alpha value is -1.55. The summed E-state index contributed by atoms with van der Waals surface area (Å²) in [5.41, 5.74) is 7.41. The number of nitrogens with two attached hydrogens (primary N) is 1. The predicted octanol–water partition coefficient (Wildman–Crippen LogP) is 0.532. The first kappa shape index (κ1) is 9.98. The summed E-state index contributed by atoms with van der Waals surface area (Å²) in [5.74, 6) is -0.585. The zero-order valence-corrected chi connectivity index (χ0v) is 8.43. The average Bonchev–Trinajstić information content (AvgIpc) is 2.55. The second kappa shape index (κ2) is 3.55. The molecule has 80 valence electrons. The van der Waals surface area contributed by atoms with Gasteiger partial charge in [0.1, 0.15) is 5.75 Å². The molecule has 1 aromatic rings. The van der Waals surface area contributed by atoms with E-state index in [0.29, 0.717) is 6.42 Å². The maximum Gasteiger partial charge on any atom is 0.314 e. The normalized spacial score (nSPS) is 23.6. The molecule has 1 aliphatic carbocycles. The van der Waals surface area contributed by atoms with Gasteiger partial charge in [-0.25, -0.2) is 0 Å². The standard InChI is InChI=1S/C11H13NO3/c1-15-11(14)10-6-3-2-4-9(13)7(6)5-8(10)12/h2-4,8,10,13H,5,12H2,1H3. The van der Waals surface area contributed by atoms with Crippen LogP contribution in [-0.4, -0.2) is 24.2 Å². The van der Waals surface area contributed by atoms with Crippen molar-refractivity contribution < 1.29 is 14.6 Å². The maximum absolute atomic E-state index is 11.5. The molecule has 0 bridgehead atoms. The van der Waals surface area contributed by atoms with Crippen LogP contribution in [0.15, 0.2) is 18.2 Å². The highest BCUT2D eigenvalue weighted by Gasteiger charge is 2.37. The molecule has 4 heteroatoms. The Bertz CT molecular complexity index is 403. The molecule has 0 saturated heterocycles. The number of aromatic hydroxyl groups is 1. The molecule has 0 aromatic heterocycles. The van der Waals surface area contributed by atoms with Crippen LogP contribution in [-0.2, 0) is 16.0 Å². The number of phenolic OH excluding ortho intramolecular Hbond substituents is 1. The highest BCUT2D eigenvalue weighted by molar-refractivity contribution is 5.81. The number of methoxy groups -OCH3 is 1. The molecule has 2 atom stereocenters. The lowest BCUT2D eigenvalue weighted by atomic mass is 9.99. The first-order chi connectivity index (χ1) is 7.15. The van der Waals surface area contributed by atoms with Crippen LogP contribution in [0.3, 0.4) is 0 Å². The molecule has 0 amide bonds. The molecular weight excluding hydrogens is 194 g/mol. The Morgan fingerprint density at radius 3 is 3.00 bits per heavy atom. The summed E-state index contributed by atoms with van der Waals surface area (Å²) in [6.07, 6.45) is 0.516. The van der Waals surface area contributed by atoms with Crippen molar-refractivity contribution in [2.24, 2.45) is 5.73 Å². The van der Waals surface area contributed by atoms with E-state index in [-0.39, 0.29) is 17.8 Å². The van der Waals surface area contributed by atoms with E-state index >= 15 is 0 Å². The average molecular weight is 207 g/mol. The van der Waals surface area contributed by atoms with Gasteiger partial charge in [0.05, 0.1) is 13.0 Å². The van der Waals surface area contributed by atoms with Crippen LogP contribution in [0.25, 0.3) is 0 Å². The number of ether oxygens (including phenoxy) is 1. The maximum atomic E-state index is 11.5. The Balaban J connectivity index is 2.46. The molecular formula is C11H13NO3. The second-order valence-electron chi connectivity index (χ2n) is 3.71. The second-order valence-corrected chi connectivity index (χ2v) is 3.71. The van der Waals surface area contributed by atoms with Crippen molar-refractivity contribution >= 4 is 5.97 Å². The van der Waals surface area contributed by atoms with Crippen LogP contribution in [0.1, 0.15) is 17.0 Å². The summed E-state index contributed by atoms with van der Waals surface area (Å²) in [4.78, 5) is 11.5. The summed E-state index contributed by atoms with van der Waals surface area (Å²) in [5, 5.41) is 9.61. The number of rotatable bonds is 1. The number of benzene rings is 1. The van der Waals surface area contributed by atoms with Gasteiger partial charge in [-0.05, 0) is 23.6 Å². The van der Waals surface area contributed by atoms with Gasteiger partial charge >= 0.3 is 5.97 Å². The lowest BCUT2D eigenvalue weighted by molar-refractivity contribution is -0.142. The SMILES string of the molecule is COC(=O)C1c2cccc(O)c2CC1N. The fourth-order valence-electron chi connectivity index (χ4n) is 2.12. The fourth-order valence-corrected chi connectivity index (χ4v) is 2.12. The van der Waals surface area contributed by atoms with Crippen molar-refractivity contribution in [2.75, 3.05) is 7.11 Å². The third kappa shape index (κ3) is 1.47. The van der Waals surface area contributed by atoms with Crippen molar-refractivity contribution in [1.29, 1.82) is 0 Å². The molecule has 1 aliphatic rings. The van der Waals surface area contributed by atoms with Crippen molar-refractivity contribution in [1.82, 2.24) is 0 Å². The molecule has 0 radical (unpaired) electrons. The molecule has 2 rings (SSSR count). The van der Waals surface area contributed by atoms with Crippen LogP contribution in [0.5, 0.6) is 5.75 Å². The highest BCUT2D eigenvalue weighted by atomic mass is 16.5. The predicted molar refractivity (Wildman–Crippen MR) is 54.5 cm³/mol. The lowest BCUT2D eigenvalue weighted by Gasteiger charge is -2.13. The zero-order valence-electron chi connectivity index (χ0n) is 8.43. The summed E-state index contributed by atoms with van der Waals surface area (Å²) in [6.45, 7) is 0. The van der Waals surface area contributed by atoms with Gasteiger partial charge in [-0.15, -0.1) is 0 Å². The summed E-state index contributed by atoms with van der Waals surface area (Å²) in [6, 6.07) is 4.82. The Morgan fingerprint density at radius 2 is 2.33 bits per heavy atom. The largest absolute Gasteiger partial charge is 0.508 e. The van der Waals surface area contributed by atoms with E-state index < -0.39 is 5.92 Å². The third-order valence-electron chi connectivity index (χ3n) is 2.85. The molecule has 0 saturated carbocycles. The third-order valence-corrected chi connectivity index (χ3v) is 2.85. The quantitative estimate of drug-likeness (QED) is 0.659. The van der Waals surface area contributed by atoms with Gasteiger partial charge in [-0.2, -0.15) is 0 Å². The van der Waals surface area contributed by atoms with Crippen LogP contribution >= 0.6 is 0 Å². The monoisotopic (exact) mass is 207 g/mol. The van der Waals surface area contributed by atoms with E-state index in [9.17, 15) is 9.90 Å². The molecule has 3 N–H and O–H groups in total. The lowest BCUT2D eigenvalue weighted by Crippen LogP contribution is -2.31. The summed E-state index contributed by atoms with van der Waals surface area (Å²) < 4.78 is 4.70. The minimum Gasteiger partial charge on any atom is -0.508 e. The summed E-state index contributed by atoms with van der Waals surface area (Å²) in [7, 11) is 1.34. The first-order valence-corrected chi connectivity index (χ1v) is 4.79. The molecule has 0 heterocycles. The van der Waals surface area contributed by atoms with Crippen LogP contribution in [0.4, 0.5) is 0 Å². The Morgan fingerprint density at radius 1 is 1.60 bits per heavy atom. The van der Waals surface area contributed by atoms with Crippen LogP contribution in [0, 0.1) is 0 Å². The van der Waals surface area contributed by atoms with E-state index in [2.05, 4.69) is 0 Å². The van der Waals surface area contributed by atoms with Gasteiger partial charge < -0.3 is 15.6 Å². The van der Waals surface area contributed by atoms with Crippen molar-refractivity contribution in [3.05, 3.63) is 29.3 Å². The number of hydrogen-bond donors (Lipinski definition) is 2. The molecule has 2 unspecified atom stereocenters. The summed E-state index contributed by atoms with van der Waals surface area (Å²) >= 11 is 0. The molecule has 1 aromatic carbocycles. The van der Waals surface area contributed by atoms with Gasteiger partial charge in [0.15, 0.2) is 0 Å². The highest BCUT2D eigenvalue weighted by Crippen LogP contribution is 2.37. The number of phenols is 1.